The Hall–Kier alpha value is -3.40. The van der Waals surface area contributed by atoms with E-state index in [2.05, 4.69) is 25.7 Å². The standard InChI is InChI=1S/C16H13N7O2S/c1-22-20-15(19-21-22)10-3-2-4-11(7-10)18-13(24)8-23-9-17-12-5-6-26-14(12)16(23)25/h2-7,9H,8H2,1H3,(H,18,24). The first-order chi connectivity index (χ1) is 12.6. The van der Waals surface area contributed by atoms with Gasteiger partial charge in [-0.2, -0.15) is 4.80 Å². The van der Waals surface area contributed by atoms with Gasteiger partial charge in [0.05, 0.1) is 18.9 Å². The molecular weight excluding hydrogens is 354 g/mol. The summed E-state index contributed by atoms with van der Waals surface area (Å²) >= 11 is 1.31. The summed E-state index contributed by atoms with van der Waals surface area (Å²) in [6.45, 7) is -0.118. The highest BCUT2D eigenvalue weighted by Gasteiger charge is 2.10. The third-order valence-corrected chi connectivity index (χ3v) is 4.55. The number of thiophene rings is 1. The number of hydrogen-bond donors (Lipinski definition) is 1. The molecule has 0 fully saturated rings. The number of nitrogens with one attached hydrogen (secondary N) is 1. The molecule has 0 aliphatic rings. The lowest BCUT2D eigenvalue weighted by molar-refractivity contribution is -0.116. The van der Waals surface area contributed by atoms with Crippen molar-refractivity contribution in [3.05, 3.63) is 52.4 Å². The highest BCUT2D eigenvalue weighted by Crippen LogP contribution is 2.18. The number of aryl methyl sites for hydroxylation is 1. The average molecular weight is 367 g/mol. The zero-order valence-electron chi connectivity index (χ0n) is 13.7. The van der Waals surface area contributed by atoms with Crippen molar-refractivity contribution in [2.75, 3.05) is 5.32 Å². The van der Waals surface area contributed by atoms with Crippen molar-refractivity contribution in [3.8, 4) is 11.4 Å². The Morgan fingerprint density at radius 1 is 1.31 bits per heavy atom. The van der Waals surface area contributed by atoms with Crippen LogP contribution in [0.15, 0.2) is 46.8 Å². The molecule has 1 N–H and O–H groups in total. The minimum absolute atomic E-state index is 0.118. The van der Waals surface area contributed by atoms with Crippen LogP contribution in [0.4, 0.5) is 5.69 Å². The third-order valence-electron chi connectivity index (χ3n) is 3.66. The molecule has 0 radical (unpaired) electrons. The first-order valence-electron chi connectivity index (χ1n) is 7.67. The van der Waals surface area contributed by atoms with E-state index >= 15 is 0 Å². The summed E-state index contributed by atoms with van der Waals surface area (Å²) in [6, 6.07) is 8.88. The van der Waals surface area contributed by atoms with Crippen LogP contribution in [0.3, 0.4) is 0 Å². The lowest BCUT2D eigenvalue weighted by atomic mass is 10.2. The van der Waals surface area contributed by atoms with Gasteiger partial charge >= 0.3 is 0 Å². The van der Waals surface area contributed by atoms with E-state index in [1.54, 1.807) is 36.7 Å². The maximum absolute atomic E-state index is 12.3. The molecule has 10 heteroatoms. The molecule has 3 heterocycles. The van der Waals surface area contributed by atoms with Gasteiger partial charge in [0.15, 0.2) is 0 Å². The van der Waals surface area contributed by atoms with E-state index in [4.69, 9.17) is 0 Å². The first kappa shape index (κ1) is 16.1. The molecule has 26 heavy (non-hydrogen) atoms. The third kappa shape index (κ3) is 3.09. The number of tetrazole rings is 1. The van der Waals surface area contributed by atoms with Gasteiger partial charge < -0.3 is 5.32 Å². The minimum atomic E-state index is -0.325. The normalized spacial score (nSPS) is 11.0. The van der Waals surface area contributed by atoms with Crippen molar-refractivity contribution in [1.29, 1.82) is 0 Å². The Kier molecular flexibility index (Phi) is 4.01. The topological polar surface area (TPSA) is 108 Å². The second-order valence-corrected chi connectivity index (χ2v) is 6.46. The summed E-state index contributed by atoms with van der Waals surface area (Å²) in [4.78, 5) is 30.2. The van der Waals surface area contributed by atoms with Gasteiger partial charge in [0.2, 0.25) is 11.7 Å². The van der Waals surface area contributed by atoms with Gasteiger partial charge in [-0.1, -0.05) is 12.1 Å². The molecule has 4 rings (SSSR count). The number of rotatable bonds is 4. The van der Waals surface area contributed by atoms with Crippen LogP contribution in [0.1, 0.15) is 0 Å². The van der Waals surface area contributed by atoms with Crippen molar-refractivity contribution < 1.29 is 4.79 Å². The number of amides is 1. The summed E-state index contributed by atoms with van der Waals surface area (Å²) in [5.41, 5.74) is 1.73. The van der Waals surface area contributed by atoms with Crippen LogP contribution in [-0.2, 0) is 18.4 Å². The van der Waals surface area contributed by atoms with Crippen LogP contribution in [0.25, 0.3) is 21.6 Å². The number of benzene rings is 1. The maximum atomic E-state index is 12.3. The van der Waals surface area contributed by atoms with Crippen LogP contribution in [0.2, 0.25) is 0 Å². The fraction of sp³-hybridized carbons (Fsp3) is 0.125. The molecule has 0 atom stereocenters. The average Bonchev–Trinajstić information content (AvgIpc) is 3.27. The lowest BCUT2D eigenvalue weighted by Gasteiger charge is -2.08. The van der Waals surface area contributed by atoms with Gasteiger partial charge in [0.1, 0.15) is 11.2 Å². The fourth-order valence-corrected chi connectivity index (χ4v) is 3.28. The van der Waals surface area contributed by atoms with Crippen molar-refractivity contribution in [3.63, 3.8) is 0 Å². The second kappa shape index (κ2) is 6.48. The van der Waals surface area contributed by atoms with Crippen molar-refractivity contribution in [2.45, 2.75) is 6.54 Å². The van der Waals surface area contributed by atoms with Gasteiger partial charge in [-0.3, -0.25) is 14.2 Å². The smallest absolute Gasteiger partial charge is 0.271 e. The molecule has 1 amide bonds. The Bertz CT molecular complexity index is 1160. The van der Waals surface area contributed by atoms with Crippen molar-refractivity contribution in [2.24, 2.45) is 7.05 Å². The highest BCUT2D eigenvalue weighted by molar-refractivity contribution is 7.17. The predicted molar refractivity (Wildman–Crippen MR) is 96.7 cm³/mol. The van der Waals surface area contributed by atoms with E-state index in [-0.39, 0.29) is 18.0 Å². The maximum Gasteiger partial charge on any atom is 0.271 e. The van der Waals surface area contributed by atoms with Crippen LogP contribution < -0.4 is 10.9 Å². The van der Waals surface area contributed by atoms with Gasteiger partial charge in [0.25, 0.3) is 5.56 Å². The molecular formula is C16H13N7O2S. The van der Waals surface area contributed by atoms with Gasteiger partial charge in [-0.15, -0.1) is 21.5 Å². The molecule has 0 bridgehead atoms. The number of anilines is 1. The SMILES string of the molecule is Cn1nnc(-c2cccc(NC(=O)Cn3cnc4ccsc4c3=O)c2)n1. The van der Waals surface area contributed by atoms with Crippen LogP contribution in [0.5, 0.6) is 0 Å². The van der Waals surface area contributed by atoms with Gasteiger partial charge in [-0.05, 0) is 28.8 Å². The summed E-state index contributed by atoms with van der Waals surface area (Å²) in [6.07, 6.45) is 1.39. The van der Waals surface area contributed by atoms with Crippen LogP contribution >= 0.6 is 11.3 Å². The lowest BCUT2D eigenvalue weighted by Crippen LogP contribution is -2.27. The Morgan fingerprint density at radius 3 is 3.00 bits per heavy atom. The molecule has 0 saturated carbocycles. The second-order valence-electron chi connectivity index (χ2n) is 5.54. The van der Waals surface area contributed by atoms with E-state index in [0.717, 1.165) is 5.56 Å². The zero-order valence-corrected chi connectivity index (χ0v) is 14.5. The monoisotopic (exact) mass is 367 g/mol. The van der Waals surface area contributed by atoms with Crippen molar-refractivity contribution in [1.82, 2.24) is 29.8 Å². The van der Waals surface area contributed by atoms with E-state index < -0.39 is 0 Å². The summed E-state index contributed by atoms with van der Waals surface area (Å²) < 4.78 is 1.83. The Labute approximate surface area is 150 Å². The molecule has 0 saturated heterocycles. The van der Waals surface area contributed by atoms with Crippen LogP contribution in [-0.4, -0.2) is 35.7 Å². The Balaban J connectivity index is 1.53. The molecule has 4 aromatic rings. The largest absolute Gasteiger partial charge is 0.325 e. The van der Waals surface area contributed by atoms with Crippen LogP contribution in [0, 0.1) is 0 Å². The quantitative estimate of drug-likeness (QED) is 0.582. The number of nitrogens with zero attached hydrogens (tertiary/aromatic N) is 6. The highest BCUT2D eigenvalue weighted by atomic mass is 32.1. The first-order valence-corrected chi connectivity index (χ1v) is 8.55. The minimum Gasteiger partial charge on any atom is -0.325 e. The van der Waals surface area contributed by atoms with E-state index in [0.29, 0.717) is 21.7 Å². The number of fused-ring (bicyclic) bond motifs is 1. The molecule has 3 aromatic heterocycles. The molecule has 0 aliphatic carbocycles. The number of hydrogen-bond acceptors (Lipinski definition) is 7. The molecule has 1 aromatic carbocycles. The number of carbonyl (C=O) groups is 1. The number of aromatic nitrogens is 6. The summed E-state index contributed by atoms with van der Waals surface area (Å²) in [7, 11) is 1.68. The number of carbonyl (C=O) groups excluding carboxylic acids is 1. The molecule has 0 aliphatic heterocycles. The van der Waals surface area contributed by atoms with E-state index in [9.17, 15) is 9.59 Å². The molecule has 9 nitrogen and oxygen atoms in total. The van der Waals surface area contributed by atoms with Crippen molar-refractivity contribution >= 4 is 33.1 Å². The zero-order chi connectivity index (χ0) is 18.1. The fourth-order valence-electron chi connectivity index (χ4n) is 2.48. The summed E-state index contributed by atoms with van der Waals surface area (Å²) in [5, 5.41) is 16.4. The van der Waals surface area contributed by atoms with E-state index in [1.807, 2.05) is 6.07 Å². The summed E-state index contributed by atoms with van der Waals surface area (Å²) in [5.74, 6) is 0.140. The Morgan fingerprint density at radius 2 is 2.19 bits per heavy atom. The molecule has 130 valence electrons. The van der Waals surface area contributed by atoms with Gasteiger partial charge in [0, 0.05) is 11.3 Å². The van der Waals surface area contributed by atoms with E-state index in [1.165, 1.54) is 27.0 Å². The molecule has 0 unspecified atom stereocenters. The molecule has 0 spiro atoms. The predicted octanol–water partition coefficient (Wildman–Crippen LogP) is 1.29. The van der Waals surface area contributed by atoms with Gasteiger partial charge in [-0.25, -0.2) is 4.98 Å².